The normalized spacial score (nSPS) is 11.1. The summed E-state index contributed by atoms with van der Waals surface area (Å²) in [4.78, 5) is 8.78. The van der Waals surface area contributed by atoms with Crippen LogP contribution in [0.15, 0.2) is 30.3 Å². The maximum atomic E-state index is 14.0. The number of nitrogens with zero attached hydrogens (tertiary/aromatic N) is 2. The molecule has 3 aromatic rings. The molecule has 4 heteroatoms. The first-order valence-corrected chi connectivity index (χ1v) is 7.04. The number of rotatable bonds is 1. The van der Waals surface area contributed by atoms with Gasteiger partial charge in [0.25, 0.3) is 0 Å². The third-order valence-electron chi connectivity index (χ3n) is 3.45. The molecule has 1 aromatic heterocycles. The molecule has 0 saturated heterocycles. The molecule has 0 saturated carbocycles. The zero-order valence-corrected chi connectivity index (χ0v) is 12.8. The van der Waals surface area contributed by atoms with E-state index in [2.05, 4.69) is 9.97 Å². The van der Waals surface area contributed by atoms with E-state index in [4.69, 9.17) is 11.6 Å². The smallest absolute Gasteiger partial charge is 0.164 e. The summed E-state index contributed by atoms with van der Waals surface area (Å²) in [6.45, 7) is 5.87. The zero-order chi connectivity index (χ0) is 15.1. The summed E-state index contributed by atoms with van der Waals surface area (Å²) >= 11 is 6.27. The predicted molar refractivity (Wildman–Crippen MR) is 84.2 cm³/mol. The molecule has 0 aliphatic carbocycles. The molecule has 0 spiro atoms. The maximum absolute atomic E-state index is 14.0. The number of hydrogen-bond acceptors (Lipinski definition) is 2. The van der Waals surface area contributed by atoms with Crippen LogP contribution in [0.2, 0.25) is 5.15 Å². The highest BCUT2D eigenvalue weighted by Crippen LogP contribution is 2.29. The topological polar surface area (TPSA) is 25.8 Å². The minimum absolute atomic E-state index is 0.320. The van der Waals surface area contributed by atoms with Gasteiger partial charge in [-0.05, 0) is 44.5 Å². The molecule has 1 heterocycles. The summed E-state index contributed by atoms with van der Waals surface area (Å²) < 4.78 is 14.0. The number of benzene rings is 2. The van der Waals surface area contributed by atoms with Gasteiger partial charge in [0.05, 0.1) is 11.1 Å². The molecule has 2 nitrogen and oxygen atoms in total. The summed E-state index contributed by atoms with van der Waals surface area (Å²) in [7, 11) is 0. The van der Waals surface area contributed by atoms with E-state index >= 15 is 0 Å². The van der Waals surface area contributed by atoms with Gasteiger partial charge in [0.1, 0.15) is 11.0 Å². The first-order valence-electron chi connectivity index (χ1n) is 6.67. The van der Waals surface area contributed by atoms with Gasteiger partial charge in [-0.2, -0.15) is 0 Å². The van der Waals surface area contributed by atoms with Gasteiger partial charge >= 0.3 is 0 Å². The Bertz CT molecular complexity index is 859. The monoisotopic (exact) mass is 300 g/mol. The number of hydrogen-bond donors (Lipinski definition) is 0. The number of halogens is 2. The average Bonchev–Trinajstić information content (AvgIpc) is 2.42. The third-order valence-corrected chi connectivity index (χ3v) is 3.74. The van der Waals surface area contributed by atoms with E-state index in [1.165, 1.54) is 6.07 Å². The van der Waals surface area contributed by atoms with E-state index in [-0.39, 0.29) is 5.82 Å². The third kappa shape index (κ3) is 2.49. The summed E-state index contributed by atoms with van der Waals surface area (Å²) in [6.07, 6.45) is 0. The van der Waals surface area contributed by atoms with Gasteiger partial charge in [-0.25, -0.2) is 14.4 Å². The number of aryl methyl sites for hydroxylation is 3. The fourth-order valence-electron chi connectivity index (χ4n) is 2.48. The van der Waals surface area contributed by atoms with Crippen molar-refractivity contribution in [2.75, 3.05) is 0 Å². The van der Waals surface area contributed by atoms with Crippen molar-refractivity contribution in [2.45, 2.75) is 20.8 Å². The largest absolute Gasteiger partial charge is 0.227 e. The van der Waals surface area contributed by atoms with E-state index < -0.39 is 0 Å². The van der Waals surface area contributed by atoms with Crippen LogP contribution in [0.5, 0.6) is 0 Å². The van der Waals surface area contributed by atoms with Crippen molar-refractivity contribution in [3.63, 3.8) is 0 Å². The Labute approximate surface area is 127 Å². The second kappa shape index (κ2) is 5.08. The lowest BCUT2D eigenvalue weighted by atomic mass is 10.1. The van der Waals surface area contributed by atoms with Gasteiger partial charge in [-0.1, -0.05) is 34.9 Å². The molecule has 2 aromatic carbocycles. The van der Waals surface area contributed by atoms with Gasteiger partial charge in [0, 0.05) is 5.39 Å². The van der Waals surface area contributed by atoms with Crippen LogP contribution in [0.25, 0.3) is 22.3 Å². The van der Waals surface area contributed by atoms with Gasteiger partial charge in [0.2, 0.25) is 0 Å². The Balaban J connectivity index is 2.33. The Kier molecular flexibility index (Phi) is 3.38. The standard InChI is InChI=1S/C17H14ClFN2/c1-9-4-5-14(19)12(7-9)17-20-15-11(3)6-10(2)8-13(15)16(18)21-17/h4-8H,1-3H3. The summed E-state index contributed by atoms with van der Waals surface area (Å²) in [5.74, 6) is -0.0264. The van der Waals surface area contributed by atoms with Crippen LogP contribution in [-0.4, -0.2) is 9.97 Å². The maximum Gasteiger partial charge on any atom is 0.164 e. The molecule has 0 radical (unpaired) electrons. The van der Waals surface area contributed by atoms with Crippen LogP contribution in [0.3, 0.4) is 0 Å². The Morgan fingerprint density at radius 3 is 2.48 bits per heavy atom. The highest BCUT2D eigenvalue weighted by atomic mass is 35.5. The molecule has 0 amide bonds. The van der Waals surface area contributed by atoms with E-state index in [9.17, 15) is 4.39 Å². The van der Waals surface area contributed by atoms with Gasteiger partial charge in [-0.15, -0.1) is 0 Å². The Morgan fingerprint density at radius 2 is 1.71 bits per heavy atom. The number of aromatic nitrogens is 2. The molecular weight excluding hydrogens is 287 g/mol. The van der Waals surface area contributed by atoms with Gasteiger partial charge in [-0.3, -0.25) is 0 Å². The molecule has 0 N–H and O–H groups in total. The highest BCUT2D eigenvalue weighted by Gasteiger charge is 2.13. The van der Waals surface area contributed by atoms with Crippen molar-refractivity contribution in [1.82, 2.24) is 9.97 Å². The van der Waals surface area contributed by atoms with E-state index in [1.807, 2.05) is 32.9 Å². The van der Waals surface area contributed by atoms with Crippen molar-refractivity contribution in [3.8, 4) is 11.4 Å². The molecule has 3 rings (SSSR count). The van der Waals surface area contributed by atoms with Crippen molar-refractivity contribution in [2.24, 2.45) is 0 Å². The molecule has 0 bridgehead atoms. The lowest BCUT2D eigenvalue weighted by molar-refractivity contribution is 0.629. The van der Waals surface area contributed by atoms with Crippen LogP contribution >= 0.6 is 11.6 Å². The molecule has 0 atom stereocenters. The summed E-state index contributed by atoms with van der Waals surface area (Å²) in [5, 5.41) is 1.15. The summed E-state index contributed by atoms with van der Waals surface area (Å²) in [5.41, 5.74) is 4.19. The SMILES string of the molecule is Cc1ccc(F)c(-c2nc(Cl)c3cc(C)cc(C)c3n2)c1. The zero-order valence-electron chi connectivity index (χ0n) is 12.0. The van der Waals surface area contributed by atoms with Crippen LogP contribution < -0.4 is 0 Å². The quantitative estimate of drug-likeness (QED) is 0.590. The van der Waals surface area contributed by atoms with Crippen molar-refractivity contribution < 1.29 is 4.39 Å². The highest BCUT2D eigenvalue weighted by molar-refractivity contribution is 6.34. The van der Waals surface area contributed by atoms with Crippen LogP contribution in [0, 0.1) is 26.6 Å². The van der Waals surface area contributed by atoms with Gasteiger partial charge in [0.15, 0.2) is 5.82 Å². The van der Waals surface area contributed by atoms with Crippen LogP contribution in [-0.2, 0) is 0 Å². The predicted octanol–water partition coefficient (Wildman–Crippen LogP) is 5.01. The van der Waals surface area contributed by atoms with Crippen LogP contribution in [0.1, 0.15) is 16.7 Å². The Morgan fingerprint density at radius 1 is 0.952 bits per heavy atom. The molecule has 0 fully saturated rings. The fourth-order valence-corrected chi connectivity index (χ4v) is 2.70. The minimum Gasteiger partial charge on any atom is -0.227 e. The van der Waals surface area contributed by atoms with Crippen molar-refractivity contribution >= 4 is 22.5 Å². The Hall–Kier alpha value is -2.00. The van der Waals surface area contributed by atoms with Crippen LogP contribution in [0.4, 0.5) is 4.39 Å². The number of fused-ring (bicyclic) bond motifs is 1. The van der Waals surface area contributed by atoms with E-state index in [0.29, 0.717) is 16.5 Å². The molecule has 21 heavy (non-hydrogen) atoms. The molecule has 106 valence electrons. The molecular formula is C17H14ClFN2. The molecule has 0 aliphatic rings. The second-order valence-electron chi connectivity index (χ2n) is 5.30. The second-order valence-corrected chi connectivity index (χ2v) is 5.66. The lowest BCUT2D eigenvalue weighted by Gasteiger charge is -2.09. The summed E-state index contributed by atoms with van der Waals surface area (Å²) in [6, 6.07) is 8.85. The van der Waals surface area contributed by atoms with E-state index in [1.54, 1.807) is 12.1 Å². The molecule has 0 unspecified atom stereocenters. The minimum atomic E-state index is -0.346. The average molecular weight is 301 g/mol. The lowest BCUT2D eigenvalue weighted by Crippen LogP contribution is -1.97. The first kappa shape index (κ1) is 14.0. The van der Waals surface area contributed by atoms with Crippen molar-refractivity contribution in [1.29, 1.82) is 0 Å². The van der Waals surface area contributed by atoms with Crippen molar-refractivity contribution in [3.05, 3.63) is 58.0 Å². The van der Waals surface area contributed by atoms with E-state index in [0.717, 1.165) is 27.6 Å². The van der Waals surface area contributed by atoms with Gasteiger partial charge < -0.3 is 0 Å². The fraction of sp³-hybridized carbons (Fsp3) is 0.176. The first-order chi connectivity index (χ1) is 9.95. The molecule has 0 aliphatic heterocycles.